The molecule has 160 valence electrons. The molecule has 0 aliphatic heterocycles. The van der Waals surface area contributed by atoms with Gasteiger partial charge in [0.2, 0.25) is 0 Å². The van der Waals surface area contributed by atoms with Gasteiger partial charge >= 0.3 is 0 Å². The van der Waals surface area contributed by atoms with Crippen molar-refractivity contribution in [3.63, 3.8) is 0 Å². The maximum atomic E-state index is 12.9. The normalized spacial score (nSPS) is 12.5. The lowest BCUT2D eigenvalue weighted by molar-refractivity contribution is -0.122. The molecule has 2 amide bonds. The molecule has 5 heteroatoms. The van der Waals surface area contributed by atoms with E-state index in [4.69, 9.17) is 4.74 Å². The first-order chi connectivity index (χ1) is 15.0. The van der Waals surface area contributed by atoms with Crippen LogP contribution >= 0.6 is 0 Å². The van der Waals surface area contributed by atoms with E-state index in [0.717, 1.165) is 11.1 Å². The van der Waals surface area contributed by atoms with Crippen molar-refractivity contribution in [3.8, 4) is 5.75 Å². The standard InChI is InChI=1S/C26H28N2O3/c1-4-23(31-24-17-11-8-12-18(24)2)26(30)28-22-16-10-9-15-21(22)25(29)27-19(3)20-13-6-5-7-14-20/h5-17,19,23H,4H2,1-3H3,(H,27,29)(H,28,30)/t19-,23-/m0/s1. The second kappa shape index (κ2) is 10.4. The zero-order valence-corrected chi connectivity index (χ0v) is 18.1. The number of carbonyl (C=O) groups excluding carboxylic acids is 2. The van der Waals surface area contributed by atoms with E-state index in [1.165, 1.54) is 0 Å². The van der Waals surface area contributed by atoms with Crippen LogP contribution in [-0.2, 0) is 4.79 Å². The number of nitrogens with one attached hydrogen (secondary N) is 2. The highest BCUT2D eigenvalue weighted by Crippen LogP contribution is 2.21. The molecule has 0 spiro atoms. The molecule has 5 nitrogen and oxygen atoms in total. The third-order valence-electron chi connectivity index (χ3n) is 5.10. The second-order valence-corrected chi connectivity index (χ2v) is 7.42. The maximum absolute atomic E-state index is 12.9. The minimum absolute atomic E-state index is 0.162. The monoisotopic (exact) mass is 416 g/mol. The van der Waals surface area contributed by atoms with Crippen LogP contribution in [0.3, 0.4) is 0 Å². The summed E-state index contributed by atoms with van der Waals surface area (Å²) in [6.45, 7) is 5.76. The highest BCUT2D eigenvalue weighted by molar-refractivity contribution is 6.04. The second-order valence-electron chi connectivity index (χ2n) is 7.42. The van der Waals surface area contributed by atoms with Crippen molar-refractivity contribution in [2.24, 2.45) is 0 Å². The summed E-state index contributed by atoms with van der Waals surface area (Å²) in [5.74, 6) is 0.134. The van der Waals surface area contributed by atoms with Gasteiger partial charge in [-0.25, -0.2) is 0 Å². The third-order valence-corrected chi connectivity index (χ3v) is 5.10. The molecule has 2 atom stereocenters. The SMILES string of the molecule is CC[C@H](Oc1ccccc1C)C(=O)Nc1ccccc1C(=O)N[C@@H](C)c1ccccc1. The molecule has 0 fully saturated rings. The summed E-state index contributed by atoms with van der Waals surface area (Å²) >= 11 is 0. The average Bonchev–Trinajstić information content (AvgIpc) is 2.79. The van der Waals surface area contributed by atoms with E-state index in [2.05, 4.69) is 10.6 Å². The number of hydrogen-bond donors (Lipinski definition) is 2. The van der Waals surface area contributed by atoms with E-state index in [0.29, 0.717) is 23.4 Å². The molecule has 3 aromatic carbocycles. The fourth-order valence-electron chi connectivity index (χ4n) is 3.27. The Morgan fingerprint density at radius 1 is 0.903 bits per heavy atom. The Kier molecular flexibility index (Phi) is 7.44. The van der Waals surface area contributed by atoms with Crippen molar-refractivity contribution in [1.29, 1.82) is 0 Å². The summed E-state index contributed by atoms with van der Waals surface area (Å²) in [7, 11) is 0. The zero-order chi connectivity index (χ0) is 22.2. The van der Waals surface area contributed by atoms with Crippen LogP contribution in [-0.4, -0.2) is 17.9 Å². The van der Waals surface area contributed by atoms with E-state index in [-0.39, 0.29) is 17.9 Å². The van der Waals surface area contributed by atoms with Crippen molar-refractivity contribution in [2.45, 2.75) is 39.3 Å². The molecule has 31 heavy (non-hydrogen) atoms. The lowest BCUT2D eigenvalue weighted by atomic mass is 10.1. The zero-order valence-electron chi connectivity index (χ0n) is 18.1. The van der Waals surface area contributed by atoms with Gasteiger partial charge in [-0.2, -0.15) is 0 Å². The van der Waals surface area contributed by atoms with Crippen LogP contribution < -0.4 is 15.4 Å². The van der Waals surface area contributed by atoms with Gasteiger partial charge in [0.25, 0.3) is 11.8 Å². The van der Waals surface area contributed by atoms with Crippen LogP contribution in [0.5, 0.6) is 5.75 Å². The third kappa shape index (κ3) is 5.72. The smallest absolute Gasteiger partial charge is 0.265 e. The molecule has 0 saturated heterocycles. The Morgan fingerprint density at radius 2 is 1.55 bits per heavy atom. The van der Waals surface area contributed by atoms with Crippen LogP contribution in [0.4, 0.5) is 5.69 Å². The Hall–Kier alpha value is -3.60. The van der Waals surface area contributed by atoms with Crippen LogP contribution in [0.15, 0.2) is 78.9 Å². The fourth-order valence-corrected chi connectivity index (χ4v) is 3.27. The molecule has 0 aromatic heterocycles. The van der Waals surface area contributed by atoms with Crippen LogP contribution in [0, 0.1) is 6.92 Å². The number of amides is 2. The predicted molar refractivity (Wildman–Crippen MR) is 123 cm³/mol. The lowest BCUT2D eigenvalue weighted by Crippen LogP contribution is -2.34. The van der Waals surface area contributed by atoms with Gasteiger partial charge in [0.05, 0.1) is 17.3 Å². The van der Waals surface area contributed by atoms with Gasteiger partial charge in [-0.05, 0) is 49.6 Å². The quantitative estimate of drug-likeness (QED) is 0.525. The van der Waals surface area contributed by atoms with Gasteiger partial charge < -0.3 is 15.4 Å². The van der Waals surface area contributed by atoms with E-state index < -0.39 is 6.10 Å². The van der Waals surface area contributed by atoms with E-state index in [9.17, 15) is 9.59 Å². The molecule has 0 radical (unpaired) electrons. The number of aryl methyl sites for hydroxylation is 1. The summed E-state index contributed by atoms with van der Waals surface area (Å²) in [5.41, 5.74) is 2.83. The summed E-state index contributed by atoms with van der Waals surface area (Å²) in [5, 5.41) is 5.87. The number of benzene rings is 3. The summed E-state index contributed by atoms with van der Waals surface area (Å²) in [6.07, 6.45) is -0.167. The largest absolute Gasteiger partial charge is 0.480 e. The topological polar surface area (TPSA) is 67.4 Å². The van der Waals surface area contributed by atoms with Crippen LogP contribution in [0.2, 0.25) is 0 Å². The summed E-state index contributed by atoms with van der Waals surface area (Å²) in [6, 6.07) is 24.1. The van der Waals surface area contributed by atoms with E-state index in [1.807, 2.05) is 75.4 Å². The molecule has 0 bridgehead atoms. The molecule has 3 rings (SSSR count). The lowest BCUT2D eigenvalue weighted by Gasteiger charge is -2.20. The van der Waals surface area contributed by atoms with Gasteiger partial charge in [-0.3, -0.25) is 9.59 Å². The van der Waals surface area contributed by atoms with Gasteiger partial charge in [-0.1, -0.05) is 67.6 Å². The highest BCUT2D eigenvalue weighted by Gasteiger charge is 2.22. The number of rotatable bonds is 8. The number of carbonyl (C=O) groups is 2. The molecular formula is C26H28N2O3. The summed E-state index contributed by atoms with van der Waals surface area (Å²) < 4.78 is 5.94. The van der Waals surface area contributed by atoms with Crippen LogP contribution in [0.1, 0.15) is 47.8 Å². The first-order valence-corrected chi connectivity index (χ1v) is 10.5. The Balaban J connectivity index is 1.72. The number of anilines is 1. The van der Waals surface area contributed by atoms with E-state index >= 15 is 0 Å². The number of hydrogen-bond acceptors (Lipinski definition) is 3. The van der Waals surface area contributed by atoms with Gasteiger partial charge in [-0.15, -0.1) is 0 Å². The molecule has 0 heterocycles. The summed E-state index contributed by atoms with van der Waals surface area (Å²) in [4.78, 5) is 25.8. The van der Waals surface area contributed by atoms with E-state index in [1.54, 1.807) is 24.3 Å². The van der Waals surface area contributed by atoms with Gasteiger partial charge in [0, 0.05) is 0 Å². The molecule has 0 saturated carbocycles. The number of para-hydroxylation sites is 2. The van der Waals surface area contributed by atoms with Crippen molar-refractivity contribution < 1.29 is 14.3 Å². The minimum atomic E-state index is -0.666. The van der Waals surface area contributed by atoms with Gasteiger partial charge in [0.1, 0.15) is 5.75 Å². The molecular weight excluding hydrogens is 388 g/mol. The van der Waals surface area contributed by atoms with Crippen molar-refractivity contribution in [2.75, 3.05) is 5.32 Å². The van der Waals surface area contributed by atoms with Crippen LogP contribution in [0.25, 0.3) is 0 Å². The molecule has 3 aromatic rings. The first kappa shape index (κ1) is 22.1. The number of ether oxygens (including phenoxy) is 1. The molecule has 0 aliphatic rings. The predicted octanol–water partition coefficient (Wildman–Crippen LogP) is 5.28. The molecule has 0 unspecified atom stereocenters. The Morgan fingerprint density at radius 3 is 2.26 bits per heavy atom. The Bertz CT molecular complexity index is 1030. The highest BCUT2D eigenvalue weighted by atomic mass is 16.5. The molecule has 0 aliphatic carbocycles. The Labute approximate surface area is 183 Å². The van der Waals surface area contributed by atoms with Crippen molar-refractivity contribution >= 4 is 17.5 Å². The fraction of sp³-hybridized carbons (Fsp3) is 0.231. The maximum Gasteiger partial charge on any atom is 0.265 e. The minimum Gasteiger partial charge on any atom is -0.480 e. The average molecular weight is 417 g/mol. The van der Waals surface area contributed by atoms with Gasteiger partial charge in [0.15, 0.2) is 6.10 Å². The van der Waals surface area contributed by atoms with Crippen molar-refractivity contribution in [3.05, 3.63) is 95.6 Å². The first-order valence-electron chi connectivity index (χ1n) is 10.5. The van der Waals surface area contributed by atoms with Crippen molar-refractivity contribution in [1.82, 2.24) is 5.32 Å². The molecule has 2 N–H and O–H groups in total.